The summed E-state index contributed by atoms with van der Waals surface area (Å²) >= 11 is 1.30. The maximum atomic E-state index is 13.8. The largest absolute Gasteiger partial charge is 0.507 e. The number of aromatic nitrogens is 1. The van der Waals surface area contributed by atoms with Gasteiger partial charge in [-0.15, -0.1) is 0 Å². The number of halogens is 1. The van der Waals surface area contributed by atoms with Crippen LogP contribution in [0.15, 0.2) is 60.2 Å². The molecule has 3 aromatic carbocycles. The van der Waals surface area contributed by atoms with Crippen LogP contribution in [0.4, 0.5) is 9.52 Å². The summed E-state index contributed by atoms with van der Waals surface area (Å²) in [6.07, 6.45) is 0.694. The quantitative estimate of drug-likeness (QED) is 0.206. The second kappa shape index (κ2) is 8.52. The highest BCUT2D eigenvalue weighted by Gasteiger charge is 2.48. The zero-order chi connectivity index (χ0) is 26.0. The monoisotopic (exact) mass is 514 g/mol. The zero-order valence-electron chi connectivity index (χ0n) is 20.4. The minimum Gasteiger partial charge on any atom is -0.507 e. The van der Waals surface area contributed by atoms with Crippen molar-refractivity contribution < 1.29 is 23.8 Å². The van der Waals surface area contributed by atoms with E-state index in [1.54, 1.807) is 18.2 Å². The highest BCUT2D eigenvalue weighted by atomic mass is 32.1. The fraction of sp³-hybridized carbons (Fsp3) is 0.207. The molecule has 1 N–H and O–H groups in total. The molecule has 37 heavy (non-hydrogen) atoms. The molecule has 2 aliphatic heterocycles. The van der Waals surface area contributed by atoms with E-state index in [2.05, 4.69) is 0 Å². The molecule has 2 atom stereocenters. The van der Waals surface area contributed by atoms with Crippen molar-refractivity contribution in [2.45, 2.75) is 39.3 Å². The lowest BCUT2D eigenvalue weighted by molar-refractivity contribution is -0.132. The molecule has 0 aliphatic carbocycles. The number of rotatable bonds is 3. The van der Waals surface area contributed by atoms with Crippen LogP contribution in [0.3, 0.4) is 0 Å². The number of anilines is 1. The molecule has 1 saturated heterocycles. The number of amides is 1. The maximum absolute atomic E-state index is 13.8. The van der Waals surface area contributed by atoms with E-state index in [4.69, 9.17) is 9.72 Å². The van der Waals surface area contributed by atoms with E-state index in [0.717, 1.165) is 32.7 Å². The van der Waals surface area contributed by atoms with E-state index in [0.29, 0.717) is 22.7 Å². The lowest BCUT2D eigenvalue weighted by Crippen LogP contribution is -2.29. The molecule has 0 bridgehead atoms. The zero-order valence-corrected chi connectivity index (χ0v) is 21.2. The summed E-state index contributed by atoms with van der Waals surface area (Å²) in [5, 5.41) is 11.8. The van der Waals surface area contributed by atoms with Crippen LogP contribution in [0.25, 0.3) is 16.0 Å². The van der Waals surface area contributed by atoms with Crippen molar-refractivity contribution in [1.29, 1.82) is 0 Å². The van der Waals surface area contributed by atoms with Crippen LogP contribution < -0.4 is 9.64 Å². The van der Waals surface area contributed by atoms with Gasteiger partial charge in [-0.3, -0.25) is 14.5 Å². The smallest absolute Gasteiger partial charge is 0.301 e. The predicted octanol–water partition coefficient (Wildman–Crippen LogP) is 6.00. The second-order valence-electron chi connectivity index (χ2n) is 9.60. The highest BCUT2D eigenvalue weighted by molar-refractivity contribution is 7.22. The van der Waals surface area contributed by atoms with Crippen LogP contribution in [0.1, 0.15) is 40.8 Å². The standard InChI is InChI=1S/C29H23FN2O4S/c1-14-10-15(2)24-22(11-14)37-29(31-24)32-25(17-4-7-20(30)8-5-17)23(27(34)28(32)35)26(33)18-6-9-21-19(13-18)12-16(3)36-21/h4-11,13,16,25,33H,12H2,1-3H3. The summed E-state index contributed by atoms with van der Waals surface area (Å²) in [6.45, 7) is 5.89. The Balaban J connectivity index is 1.54. The summed E-state index contributed by atoms with van der Waals surface area (Å²) < 4.78 is 20.5. The molecule has 2 unspecified atom stereocenters. The topological polar surface area (TPSA) is 79.7 Å². The van der Waals surface area contributed by atoms with Crippen molar-refractivity contribution in [2.24, 2.45) is 0 Å². The second-order valence-corrected chi connectivity index (χ2v) is 10.6. The first-order chi connectivity index (χ1) is 17.7. The number of aliphatic hydroxyl groups is 1. The SMILES string of the molecule is Cc1cc(C)c2nc(N3C(=O)C(=O)C(=C(O)c4ccc5c(c4)CC(C)O5)C3c3ccc(F)cc3)sc2c1. The average Bonchev–Trinajstić information content (AvgIpc) is 3.52. The molecular formula is C29H23FN2O4S. The Morgan fingerprint density at radius 3 is 2.62 bits per heavy atom. The fourth-order valence-electron chi connectivity index (χ4n) is 5.18. The molecule has 3 heterocycles. The number of thiazole rings is 1. The van der Waals surface area contributed by atoms with Crippen molar-refractivity contribution in [1.82, 2.24) is 4.98 Å². The van der Waals surface area contributed by atoms with Gasteiger partial charge in [0.2, 0.25) is 0 Å². The van der Waals surface area contributed by atoms with Gasteiger partial charge in [0.05, 0.1) is 21.8 Å². The molecule has 2 aliphatic rings. The van der Waals surface area contributed by atoms with Gasteiger partial charge in [0.15, 0.2) is 5.13 Å². The summed E-state index contributed by atoms with van der Waals surface area (Å²) in [7, 11) is 0. The van der Waals surface area contributed by atoms with Gasteiger partial charge in [0, 0.05) is 12.0 Å². The molecule has 6 nitrogen and oxygen atoms in total. The van der Waals surface area contributed by atoms with Gasteiger partial charge in [-0.1, -0.05) is 29.5 Å². The normalized spacial score (nSPS) is 20.5. The van der Waals surface area contributed by atoms with Crippen LogP contribution >= 0.6 is 11.3 Å². The van der Waals surface area contributed by atoms with Gasteiger partial charge >= 0.3 is 5.91 Å². The van der Waals surface area contributed by atoms with Crippen LogP contribution in [0.5, 0.6) is 5.75 Å². The predicted molar refractivity (Wildman–Crippen MR) is 141 cm³/mol. The maximum Gasteiger partial charge on any atom is 0.301 e. The summed E-state index contributed by atoms with van der Waals surface area (Å²) in [5.41, 5.74) is 4.54. The van der Waals surface area contributed by atoms with Gasteiger partial charge in [0.25, 0.3) is 5.78 Å². The number of nitrogens with zero attached hydrogens (tertiary/aromatic N) is 2. The fourth-order valence-corrected chi connectivity index (χ4v) is 6.35. The number of aryl methyl sites for hydroxylation is 2. The number of ketones is 1. The van der Waals surface area contributed by atoms with E-state index >= 15 is 0 Å². The molecule has 4 aromatic rings. The third-order valence-electron chi connectivity index (χ3n) is 6.82. The van der Waals surface area contributed by atoms with Gasteiger partial charge in [0.1, 0.15) is 23.4 Å². The van der Waals surface area contributed by atoms with Gasteiger partial charge < -0.3 is 9.84 Å². The van der Waals surface area contributed by atoms with E-state index in [-0.39, 0.29) is 17.4 Å². The molecule has 0 spiro atoms. The minimum atomic E-state index is -0.967. The Morgan fingerprint density at radius 2 is 1.86 bits per heavy atom. The number of fused-ring (bicyclic) bond motifs is 2. The molecule has 0 saturated carbocycles. The summed E-state index contributed by atoms with van der Waals surface area (Å²) in [6, 6.07) is 13.8. The number of carbonyl (C=O) groups is 2. The Morgan fingerprint density at radius 1 is 1.11 bits per heavy atom. The number of Topliss-reactive ketones (excluding diaryl/α,β-unsaturated/α-hetero) is 1. The van der Waals surface area contributed by atoms with Crippen molar-refractivity contribution >= 4 is 44.1 Å². The van der Waals surface area contributed by atoms with E-state index in [1.807, 2.05) is 32.9 Å². The van der Waals surface area contributed by atoms with Crippen LogP contribution in [-0.2, 0) is 16.0 Å². The first-order valence-corrected chi connectivity index (χ1v) is 12.8. The lowest BCUT2D eigenvalue weighted by Gasteiger charge is -2.23. The molecule has 1 fully saturated rings. The Kier molecular flexibility index (Phi) is 5.38. The molecule has 186 valence electrons. The van der Waals surface area contributed by atoms with Gasteiger partial charge in [-0.25, -0.2) is 9.37 Å². The first-order valence-electron chi connectivity index (χ1n) is 12.0. The van der Waals surface area contributed by atoms with Gasteiger partial charge in [-0.2, -0.15) is 0 Å². The summed E-state index contributed by atoms with van der Waals surface area (Å²) in [4.78, 5) is 32.9. The number of hydrogen-bond donors (Lipinski definition) is 1. The minimum absolute atomic E-state index is 0.0170. The van der Waals surface area contributed by atoms with Crippen LogP contribution in [0, 0.1) is 19.7 Å². The van der Waals surface area contributed by atoms with Crippen molar-refractivity contribution in [2.75, 3.05) is 4.90 Å². The molecule has 0 radical (unpaired) electrons. The molecule has 1 aromatic heterocycles. The van der Waals surface area contributed by atoms with E-state index in [9.17, 15) is 19.1 Å². The number of hydrogen-bond acceptors (Lipinski definition) is 6. The molecular weight excluding hydrogens is 491 g/mol. The van der Waals surface area contributed by atoms with Crippen molar-refractivity contribution in [3.05, 3.63) is 93.8 Å². The number of aliphatic hydroxyl groups excluding tert-OH is 1. The van der Waals surface area contributed by atoms with Crippen molar-refractivity contribution in [3.63, 3.8) is 0 Å². The average molecular weight is 515 g/mol. The Bertz CT molecular complexity index is 1640. The lowest BCUT2D eigenvalue weighted by atomic mass is 9.94. The summed E-state index contributed by atoms with van der Waals surface area (Å²) in [5.74, 6) is -1.60. The van der Waals surface area contributed by atoms with Crippen LogP contribution in [0.2, 0.25) is 0 Å². The number of benzene rings is 3. The third kappa shape index (κ3) is 3.79. The van der Waals surface area contributed by atoms with Crippen molar-refractivity contribution in [3.8, 4) is 5.75 Å². The number of carbonyl (C=O) groups excluding carboxylic acids is 2. The van der Waals surface area contributed by atoms with E-state index < -0.39 is 23.5 Å². The van der Waals surface area contributed by atoms with E-state index in [1.165, 1.54) is 40.5 Å². The van der Waals surface area contributed by atoms with Gasteiger partial charge in [-0.05, 0) is 79.4 Å². The molecule has 8 heteroatoms. The highest BCUT2D eigenvalue weighted by Crippen LogP contribution is 2.45. The van der Waals surface area contributed by atoms with Crippen LogP contribution in [-0.4, -0.2) is 27.9 Å². The first kappa shape index (κ1) is 23.4. The molecule has 6 rings (SSSR count). The number of ether oxygens (including phenoxy) is 1. The Hall–Kier alpha value is -4.04. The Labute approximate surface area is 216 Å². The third-order valence-corrected chi connectivity index (χ3v) is 7.83. The molecule has 1 amide bonds.